The van der Waals surface area contributed by atoms with Crippen LogP contribution >= 0.6 is 0 Å². The van der Waals surface area contributed by atoms with Gasteiger partial charge in [-0.05, 0) is 45.7 Å². The average Bonchev–Trinajstić information content (AvgIpc) is 2.33. The van der Waals surface area contributed by atoms with Gasteiger partial charge in [-0.1, -0.05) is 13.8 Å². The fourth-order valence-corrected chi connectivity index (χ4v) is 3.00. The zero-order valence-electron chi connectivity index (χ0n) is 13.4. The Kier molecular flexibility index (Phi) is 6.43. The number of hydrogen-bond acceptors (Lipinski definition) is 4. The molecule has 1 aliphatic rings. The Bertz CT molecular complexity index is 320. The van der Waals surface area contributed by atoms with Gasteiger partial charge >= 0.3 is 5.97 Å². The van der Waals surface area contributed by atoms with Crippen LogP contribution in [0.25, 0.3) is 0 Å². The predicted molar refractivity (Wildman–Crippen MR) is 81.8 cm³/mol. The van der Waals surface area contributed by atoms with Crippen molar-refractivity contribution in [2.24, 2.45) is 11.7 Å². The molecule has 1 fully saturated rings. The van der Waals surface area contributed by atoms with Crippen LogP contribution < -0.4 is 5.73 Å². The van der Waals surface area contributed by atoms with Crippen molar-refractivity contribution in [3.63, 3.8) is 0 Å². The zero-order chi connectivity index (χ0) is 15.3. The maximum Gasteiger partial charge on any atom is 0.323 e. The van der Waals surface area contributed by atoms with E-state index < -0.39 is 11.5 Å². The van der Waals surface area contributed by atoms with E-state index in [-0.39, 0.29) is 0 Å². The average molecular weight is 285 g/mol. The minimum absolute atomic E-state index is 0.298. The minimum atomic E-state index is -1.03. The highest BCUT2D eigenvalue weighted by molar-refractivity contribution is 5.78. The molecule has 0 aromatic carbocycles. The molecule has 20 heavy (non-hydrogen) atoms. The molecule has 0 aromatic heterocycles. The minimum Gasteiger partial charge on any atom is -0.480 e. The number of aliphatic carboxylic acids is 1. The first-order valence-corrected chi connectivity index (χ1v) is 7.65. The molecule has 1 aliphatic carbocycles. The molecule has 0 spiro atoms. The van der Waals surface area contributed by atoms with E-state index in [2.05, 4.69) is 37.7 Å². The van der Waals surface area contributed by atoms with Gasteiger partial charge in [0.25, 0.3) is 0 Å². The van der Waals surface area contributed by atoms with Crippen molar-refractivity contribution in [1.82, 2.24) is 9.80 Å². The van der Waals surface area contributed by atoms with E-state index in [9.17, 15) is 9.90 Å². The summed E-state index contributed by atoms with van der Waals surface area (Å²) in [4.78, 5) is 16.0. The molecule has 2 unspecified atom stereocenters. The van der Waals surface area contributed by atoms with Crippen molar-refractivity contribution in [3.05, 3.63) is 0 Å². The molecule has 0 bridgehead atoms. The number of nitrogens with two attached hydrogens (primary N) is 1. The molecule has 0 aromatic rings. The molecule has 3 N–H and O–H groups in total. The van der Waals surface area contributed by atoms with E-state index in [1.165, 1.54) is 0 Å². The van der Waals surface area contributed by atoms with Crippen LogP contribution in [0.2, 0.25) is 0 Å². The third kappa shape index (κ3) is 5.04. The van der Waals surface area contributed by atoms with Gasteiger partial charge in [0.2, 0.25) is 0 Å². The summed E-state index contributed by atoms with van der Waals surface area (Å²) in [6.07, 6.45) is 3.14. The van der Waals surface area contributed by atoms with Crippen LogP contribution in [-0.2, 0) is 4.79 Å². The lowest BCUT2D eigenvalue weighted by atomic mass is 9.79. The number of nitrogens with zero attached hydrogens (tertiary/aromatic N) is 2. The number of likely N-dealkylation sites (N-methyl/N-ethyl adjacent to an activating group) is 1. The normalized spacial score (nSPS) is 27.5. The Morgan fingerprint density at radius 3 is 2.55 bits per heavy atom. The lowest BCUT2D eigenvalue weighted by molar-refractivity contribution is -0.145. The van der Waals surface area contributed by atoms with Gasteiger partial charge in [-0.2, -0.15) is 0 Å². The molecule has 5 heteroatoms. The number of hydrogen-bond donors (Lipinski definition) is 2. The molecule has 0 amide bonds. The van der Waals surface area contributed by atoms with Crippen molar-refractivity contribution in [2.75, 3.05) is 33.7 Å². The smallest absolute Gasteiger partial charge is 0.323 e. The highest BCUT2D eigenvalue weighted by Crippen LogP contribution is 2.30. The number of carbonyl (C=O) groups is 1. The van der Waals surface area contributed by atoms with Crippen molar-refractivity contribution in [3.8, 4) is 0 Å². The highest BCUT2D eigenvalue weighted by atomic mass is 16.4. The summed E-state index contributed by atoms with van der Waals surface area (Å²) in [5.41, 5.74) is 5.05. The second-order valence-corrected chi connectivity index (χ2v) is 6.90. The first-order valence-electron chi connectivity index (χ1n) is 7.65. The second-order valence-electron chi connectivity index (χ2n) is 6.90. The molecule has 0 heterocycles. The first-order chi connectivity index (χ1) is 9.24. The van der Waals surface area contributed by atoms with Gasteiger partial charge in [0.15, 0.2) is 0 Å². The molecule has 2 atom stereocenters. The van der Waals surface area contributed by atoms with E-state index in [4.69, 9.17) is 5.73 Å². The third-order valence-electron chi connectivity index (χ3n) is 4.14. The number of rotatable bonds is 7. The Morgan fingerprint density at radius 1 is 1.40 bits per heavy atom. The molecule has 118 valence electrons. The van der Waals surface area contributed by atoms with Crippen LogP contribution in [-0.4, -0.2) is 66.2 Å². The highest BCUT2D eigenvalue weighted by Gasteiger charge is 2.41. The van der Waals surface area contributed by atoms with Crippen LogP contribution in [0.15, 0.2) is 0 Å². The zero-order valence-corrected chi connectivity index (χ0v) is 13.4. The van der Waals surface area contributed by atoms with E-state index in [0.717, 1.165) is 32.5 Å². The van der Waals surface area contributed by atoms with Gasteiger partial charge in [0.1, 0.15) is 5.54 Å². The number of carboxylic acid groups (broad SMARTS) is 1. The van der Waals surface area contributed by atoms with Crippen molar-refractivity contribution in [2.45, 2.75) is 51.1 Å². The lowest BCUT2D eigenvalue weighted by Gasteiger charge is -2.41. The fourth-order valence-electron chi connectivity index (χ4n) is 3.00. The molecular weight excluding hydrogens is 254 g/mol. The van der Waals surface area contributed by atoms with Crippen LogP contribution in [0, 0.1) is 5.92 Å². The monoisotopic (exact) mass is 285 g/mol. The van der Waals surface area contributed by atoms with E-state index >= 15 is 0 Å². The van der Waals surface area contributed by atoms with Gasteiger partial charge in [0, 0.05) is 25.7 Å². The summed E-state index contributed by atoms with van der Waals surface area (Å²) >= 11 is 0. The molecule has 1 rings (SSSR count). The summed E-state index contributed by atoms with van der Waals surface area (Å²) in [6, 6.07) is 0.298. The van der Waals surface area contributed by atoms with Crippen molar-refractivity contribution >= 4 is 5.97 Å². The largest absolute Gasteiger partial charge is 0.480 e. The molecule has 5 nitrogen and oxygen atoms in total. The van der Waals surface area contributed by atoms with Crippen LogP contribution in [0.4, 0.5) is 0 Å². The molecule has 1 saturated carbocycles. The summed E-state index contributed by atoms with van der Waals surface area (Å²) < 4.78 is 0. The predicted octanol–water partition coefficient (Wildman–Crippen LogP) is 1.23. The van der Waals surface area contributed by atoms with Crippen LogP contribution in [0.1, 0.15) is 39.5 Å². The summed E-state index contributed by atoms with van der Waals surface area (Å²) in [6.45, 7) is 7.39. The standard InChI is InChI=1S/C15H31N3O2/c1-12(2)11-18(9-8-17(3)4)13-6-5-7-15(16,10-13)14(19)20/h12-13H,5-11,16H2,1-4H3,(H,19,20). The first kappa shape index (κ1) is 17.4. The third-order valence-corrected chi connectivity index (χ3v) is 4.14. The Labute approximate surface area is 123 Å². The second kappa shape index (κ2) is 7.38. The van der Waals surface area contributed by atoms with Gasteiger partial charge in [0.05, 0.1) is 0 Å². The Hall–Kier alpha value is -0.650. The Balaban J connectivity index is 2.71. The van der Waals surface area contributed by atoms with Crippen LogP contribution in [0.5, 0.6) is 0 Å². The van der Waals surface area contributed by atoms with Gasteiger partial charge in [-0.15, -0.1) is 0 Å². The van der Waals surface area contributed by atoms with Crippen LogP contribution in [0.3, 0.4) is 0 Å². The van der Waals surface area contributed by atoms with Gasteiger partial charge in [-0.25, -0.2) is 0 Å². The van der Waals surface area contributed by atoms with E-state index in [0.29, 0.717) is 24.8 Å². The van der Waals surface area contributed by atoms with Crippen molar-refractivity contribution < 1.29 is 9.90 Å². The molecular formula is C15H31N3O2. The molecule has 0 saturated heterocycles. The van der Waals surface area contributed by atoms with Gasteiger partial charge in [-0.3, -0.25) is 9.69 Å². The quantitative estimate of drug-likeness (QED) is 0.736. The summed E-state index contributed by atoms with van der Waals surface area (Å²) in [7, 11) is 4.14. The summed E-state index contributed by atoms with van der Waals surface area (Å²) in [5.74, 6) is -0.268. The summed E-state index contributed by atoms with van der Waals surface area (Å²) in [5, 5.41) is 9.35. The van der Waals surface area contributed by atoms with Gasteiger partial charge < -0.3 is 15.7 Å². The Morgan fingerprint density at radius 2 is 2.05 bits per heavy atom. The topological polar surface area (TPSA) is 69.8 Å². The molecule has 0 aliphatic heterocycles. The fraction of sp³-hybridized carbons (Fsp3) is 0.933. The molecule has 0 radical (unpaired) electrons. The number of carboxylic acids is 1. The van der Waals surface area contributed by atoms with Crippen molar-refractivity contribution in [1.29, 1.82) is 0 Å². The lowest BCUT2D eigenvalue weighted by Crippen LogP contribution is -2.56. The SMILES string of the molecule is CC(C)CN(CCN(C)C)C1CCCC(N)(C(=O)O)C1. The van der Waals surface area contributed by atoms with E-state index in [1.807, 2.05) is 0 Å². The maximum atomic E-state index is 11.4. The maximum absolute atomic E-state index is 11.4. The van der Waals surface area contributed by atoms with E-state index in [1.54, 1.807) is 0 Å².